The Labute approximate surface area is 119 Å². The zero-order chi connectivity index (χ0) is 13.7. The molecule has 0 amide bonds. The second kappa shape index (κ2) is 6.96. The highest BCUT2D eigenvalue weighted by molar-refractivity contribution is 7.98. The van der Waals surface area contributed by atoms with E-state index in [0.717, 1.165) is 25.9 Å². The minimum Gasteiger partial charge on any atom is -0.465 e. The quantitative estimate of drug-likeness (QED) is 0.612. The van der Waals surface area contributed by atoms with E-state index in [1.54, 1.807) is 11.8 Å². The second-order valence-corrected chi connectivity index (χ2v) is 5.61. The first-order chi connectivity index (χ1) is 9.24. The number of likely N-dealkylation sites (tertiary alicyclic amines) is 1. The normalized spacial score (nSPS) is 19.6. The van der Waals surface area contributed by atoms with Crippen LogP contribution in [0.5, 0.6) is 0 Å². The number of carbonyl (C=O) groups is 1. The Morgan fingerprint density at radius 1 is 1.42 bits per heavy atom. The lowest BCUT2D eigenvalue weighted by Crippen LogP contribution is -2.36. The monoisotopic (exact) mass is 279 g/mol. The average molecular weight is 279 g/mol. The van der Waals surface area contributed by atoms with Gasteiger partial charge in [-0.2, -0.15) is 0 Å². The topological polar surface area (TPSA) is 29.5 Å². The Kier molecular flexibility index (Phi) is 5.28. The fourth-order valence-electron chi connectivity index (χ4n) is 2.49. The fraction of sp³-hybridized carbons (Fsp3) is 0.533. The first-order valence-electron chi connectivity index (χ1n) is 6.78. The van der Waals surface area contributed by atoms with Crippen LogP contribution in [-0.4, -0.2) is 36.3 Å². The summed E-state index contributed by atoms with van der Waals surface area (Å²) < 4.78 is 5.15. The Morgan fingerprint density at radius 2 is 2.16 bits per heavy atom. The van der Waals surface area contributed by atoms with Crippen LogP contribution in [0.4, 0.5) is 0 Å². The van der Waals surface area contributed by atoms with Gasteiger partial charge in [0.2, 0.25) is 0 Å². The number of thioether (sulfide) groups is 1. The van der Waals surface area contributed by atoms with Gasteiger partial charge in [0.15, 0.2) is 0 Å². The van der Waals surface area contributed by atoms with E-state index in [-0.39, 0.29) is 12.0 Å². The van der Waals surface area contributed by atoms with E-state index in [9.17, 15) is 4.79 Å². The van der Waals surface area contributed by atoms with Crippen molar-refractivity contribution in [3.63, 3.8) is 0 Å². The first kappa shape index (κ1) is 14.4. The number of hydrogen-bond acceptors (Lipinski definition) is 4. The largest absolute Gasteiger partial charge is 0.465 e. The third kappa shape index (κ3) is 3.74. The van der Waals surface area contributed by atoms with E-state index in [0.29, 0.717) is 6.61 Å². The summed E-state index contributed by atoms with van der Waals surface area (Å²) in [5.74, 6) is -0.0688. The molecule has 0 spiro atoms. The lowest BCUT2D eigenvalue weighted by molar-refractivity contribution is -0.148. The standard InChI is InChI=1S/C15H21NO2S/c1-3-18-15(17)14-5-4-10-16(14)11-12-6-8-13(19-2)9-7-12/h6-9,14H,3-5,10-11H2,1-2H3. The van der Waals surface area contributed by atoms with Crippen molar-refractivity contribution in [3.8, 4) is 0 Å². The van der Waals surface area contributed by atoms with Crippen molar-refractivity contribution in [3.05, 3.63) is 29.8 Å². The average Bonchev–Trinajstić information content (AvgIpc) is 2.88. The molecule has 1 aliphatic heterocycles. The molecule has 19 heavy (non-hydrogen) atoms. The van der Waals surface area contributed by atoms with Gasteiger partial charge in [-0.25, -0.2) is 0 Å². The summed E-state index contributed by atoms with van der Waals surface area (Å²) in [7, 11) is 0. The molecular weight excluding hydrogens is 258 g/mol. The summed E-state index contributed by atoms with van der Waals surface area (Å²) >= 11 is 1.74. The van der Waals surface area contributed by atoms with Crippen LogP contribution in [-0.2, 0) is 16.1 Å². The van der Waals surface area contributed by atoms with Crippen molar-refractivity contribution in [2.75, 3.05) is 19.4 Å². The molecule has 1 heterocycles. The van der Waals surface area contributed by atoms with Crippen LogP contribution in [0.1, 0.15) is 25.3 Å². The molecule has 1 aromatic rings. The maximum absolute atomic E-state index is 11.9. The number of nitrogens with zero attached hydrogens (tertiary/aromatic N) is 1. The van der Waals surface area contributed by atoms with Gasteiger partial charge in [-0.15, -0.1) is 11.8 Å². The van der Waals surface area contributed by atoms with Crippen LogP contribution in [0, 0.1) is 0 Å². The second-order valence-electron chi connectivity index (χ2n) is 4.73. The summed E-state index contributed by atoms with van der Waals surface area (Å²) in [6.45, 7) is 4.13. The van der Waals surface area contributed by atoms with Gasteiger partial charge in [0, 0.05) is 11.4 Å². The predicted molar refractivity (Wildman–Crippen MR) is 78.3 cm³/mol. The van der Waals surface area contributed by atoms with Gasteiger partial charge in [0.05, 0.1) is 6.61 Å². The number of ether oxygens (including phenoxy) is 1. The summed E-state index contributed by atoms with van der Waals surface area (Å²) in [6.07, 6.45) is 4.07. The molecule has 1 unspecified atom stereocenters. The fourth-order valence-corrected chi connectivity index (χ4v) is 2.89. The SMILES string of the molecule is CCOC(=O)C1CCCN1Cc1ccc(SC)cc1. The third-order valence-electron chi connectivity index (χ3n) is 3.47. The van der Waals surface area contributed by atoms with E-state index in [4.69, 9.17) is 4.74 Å². The van der Waals surface area contributed by atoms with Crippen molar-refractivity contribution in [2.45, 2.75) is 37.2 Å². The van der Waals surface area contributed by atoms with Crippen LogP contribution < -0.4 is 0 Å². The molecule has 3 nitrogen and oxygen atoms in total. The molecule has 1 atom stereocenters. The number of hydrogen-bond donors (Lipinski definition) is 0. The Bertz CT molecular complexity index is 419. The van der Waals surface area contributed by atoms with Crippen LogP contribution in [0.25, 0.3) is 0 Å². The zero-order valence-electron chi connectivity index (χ0n) is 11.6. The lowest BCUT2D eigenvalue weighted by atomic mass is 10.2. The number of rotatable bonds is 5. The maximum atomic E-state index is 11.9. The molecule has 1 saturated heterocycles. The van der Waals surface area contributed by atoms with Gasteiger partial charge in [-0.05, 0) is 50.3 Å². The minimum atomic E-state index is -0.0688. The highest BCUT2D eigenvalue weighted by Crippen LogP contribution is 2.22. The maximum Gasteiger partial charge on any atom is 0.323 e. The van der Waals surface area contributed by atoms with E-state index in [2.05, 4.69) is 35.4 Å². The third-order valence-corrected chi connectivity index (χ3v) is 4.21. The number of benzene rings is 1. The molecule has 1 fully saturated rings. The molecule has 1 aliphatic rings. The van der Waals surface area contributed by atoms with E-state index < -0.39 is 0 Å². The molecule has 4 heteroatoms. The molecule has 2 rings (SSSR count). The number of carbonyl (C=O) groups excluding carboxylic acids is 1. The van der Waals surface area contributed by atoms with Gasteiger partial charge in [-0.1, -0.05) is 12.1 Å². The zero-order valence-corrected chi connectivity index (χ0v) is 12.4. The Balaban J connectivity index is 1.98. The van der Waals surface area contributed by atoms with Crippen LogP contribution in [0.15, 0.2) is 29.2 Å². The predicted octanol–water partition coefficient (Wildman–Crippen LogP) is 2.94. The molecule has 0 aliphatic carbocycles. The molecular formula is C15H21NO2S. The molecule has 104 valence electrons. The highest BCUT2D eigenvalue weighted by atomic mass is 32.2. The summed E-state index contributed by atoms with van der Waals surface area (Å²) in [4.78, 5) is 15.4. The lowest BCUT2D eigenvalue weighted by Gasteiger charge is -2.22. The van der Waals surface area contributed by atoms with Gasteiger partial charge >= 0.3 is 5.97 Å². The van der Waals surface area contributed by atoms with Crippen LogP contribution in [0.2, 0.25) is 0 Å². The summed E-state index contributed by atoms with van der Waals surface area (Å²) in [5.41, 5.74) is 1.26. The molecule has 0 N–H and O–H groups in total. The van der Waals surface area contributed by atoms with Crippen molar-refractivity contribution >= 4 is 17.7 Å². The van der Waals surface area contributed by atoms with Crippen molar-refractivity contribution in [1.29, 1.82) is 0 Å². The van der Waals surface area contributed by atoms with Crippen molar-refractivity contribution < 1.29 is 9.53 Å². The van der Waals surface area contributed by atoms with Gasteiger partial charge in [0.25, 0.3) is 0 Å². The van der Waals surface area contributed by atoms with Gasteiger partial charge in [0.1, 0.15) is 6.04 Å². The highest BCUT2D eigenvalue weighted by Gasteiger charge is 2.31. The van der Waals surface area contributed by atoms with Crippen molar-refractivity contribution in [2.24, 2.45) is 0 Å². The van der Waals surface area contributed by atoms with E-state index in [1.165, 1.54) is 10.5 Å². The Morgan fingerprint density at radius 3 is 2.79 bits per heavy atom. The smallest absolute Gasteiger partial charge is 0.323 e. The van der Waals surface area contributed by atoms with Crippen LogP contribution >= 0.6 is 11.8 Å². The van der Waals surface area contributed by atoms with Crippen molar-refractivity contribution in [1.82, 2.24) is 4.90 Å². The summed E-state index contributed by atoms with van der Waals surface area (Å²) in [5, 5.41) is 0. The van der Waals surface area contributed by atoms with E-state index in [1.807, 2.05) is 6.92 Å². The number of esters is 1. The van der Waals surface area contributed by atoms with Crippen LogP contribution in [0.3, 0.4) is 0 Å². The molecule has 1 aromatic carbocycles. The molecule has 0 saturated carbocycles. The molecule has 0 bridgehead atoms. The molecule has 0 aromatic heterocycles. The molecule has 0 radical (unpaired) electrons. The first-order valence-corrected chi connectivity index (χ1v) is 8.00. The van der Waals surface area contributed by atoms with Gasteiger partial charge < -0.3 is 4.74 Å². The summed E-state index contributed by atoms with van der Waals surface area (Å²) in [6, 6.07) is 8.50. The Hall–Kier alpha value is -1.00. The van der Waals surface area contributed by atoms with E-state index >= 15 is 0 Å². The minimum absolute atomic E-state index is 0.0554. The van der Waals surface area contributed by atoms with Gasteiger partial charge in [-0.3, -0.25) is 9.69 Å².